The molecule has 1 aromatic heterocycles. The van der Waals surface area contributed by atoms with E-state index in [1.807, 2.05) is 48.5 Å². The molecule has 1 aliphatic rings. The summed E-state index contributed by atoms with van der Waals surface area (Å²) in [6.07, 6.45) is 2.69. The molecule has 1 aliphatic heterocycles. The highest BCUT2D eigenvalue weighted by Gasteiger charge is 2.13. The molecule has 2 heterocycles. The molecular formula is C26H30N4O5. The number of benzene rings is 2. The topological polar surface area (TPSA) is 117 Å². The van der Waals surface area contributed by atoms with Gasteiger partial charge in [0.05, 0.1) is 25.5 Å². The maximum atomic E-state index is 11.2. The molecule has 1 unspecified atom stereocenters. The van der Waals surface area contributed by atoms with Crippen molar-refractivity contribution in [3.8, 4) is 22.9 Å². The number of anilines is 1. The quantitative estimate of drug-likeness (QED) is 0.478. The van der Waals surface area contributed by atoms with E-state index < -0.39 is 6.04 Å². The molecular weight excluding hydrogens is 448 g/mol. The number of fused-ring (bicyclic) bond motifs is 1. The fourth-order valence-electron chi connectivity index (χ4n) is 3.66. The molecule has 35 heavy (non-hydrogen) atoms. The van der Waals surface area contributed by atoms with Crippen molar-refractivity contribution in [2.24, 2.45) is 0 Å². The first-order valence-electron chi connectivity index (χ1n) is 11.4. The van der Waals surface area contributed by atoms with Crippen molar-refractivity contribution >= 4 is 29.5 Å². The first-order chi connectivity index (χ1) is 17.1. The van der Waals surface area contributed by atoms with Gasteiger partial charge in [0.2, 0.25) is 12.8 Å². The van der Waals surface area contributed by atoms with Crippen LogP contribution in [0.2, 0.25) is 0 Å². The average molecular weight is 479 g/mol. The number of nitrogens with one attached hydrogen (secondary N) is 2. The summed E-state index contributed by atoms with van der Waals surface area (Å²) in [5, 5.41) is 15.6. The molecule has 0 aliphatic carbocycles. The standard InChI is InChI=1S/C21H19N3O4.C5H11NO/c1-24(13-26)19-8-14(5-6-20(19)27-2)15-3-4-16-7-18(28-21(16)9-15)10-17(11-22)23-12-25;1-2-6-3-5-7-4-1/h3-9,12-13,17H,10H2,1-2H3,(H,23,25);6H,1-5H2. The number of methoxy groups -OCH3 is 1. The van der Waals surface area contributed by atoms with E-state index in [9.17, 15) is 9.59 Å². The number of ether oxygens (including phenoxy) is 2. The van der Waals surface area contributed by atoms with Crippen LogP contribution < -0.4 is 20.3 Å². The van der Waals surface area contributed by atoms with Gasteiger partial charge in [0.25, 0.3) is 0 Å². The van der Waals surface area contributed by atoms with Crippen LogP contribution in [0.1, 0.15) is 12.2 Å². The summed E-state index contributed by atoms with van der Waals surface area (Å²) >= 11 is 0. The lowest BCUT2D eigenvalue weighted by molar-refractivity contribution is -0.110. The largest absolute Gasteiger partial charge is 0.495 e. The fourth-order valence-corrected chi connectivity index (χ4v) is 3.66. The Balaban J connectivity index is 0.000000420. The number of rotatable bonds is 8. The van der Waals surface area contributed by atoms with Gasteiger partial charge in [0, 0.05) is 32.0 Å². The third-order valence-electron chi connectivity index (χ3n) is 5.52. The number of carbonyl (C=O) groups is 2. The van der Waals surface area contributed by atoms with Crippen LogP contribution in [0.15, 0.2) is 46.9 Å². The van der Waals surface area contributed by atoms with Gasteiger partial charge in [-0.05, 0) is 48.4 Å². The number of hydrogen-bond donors (Lipinski definition) is 2. The zero-order valence-electron chi connectivity index (χ0n) is 20.0. The van der Waals surface area contributed by atoms with Crippen LogP contribution in [0, 0.1) is 11.3 Å². The van der Waals surface area contributed by atoms with E-state index >= 15 is 0 Å². The lowest BCUT2D eigenvalue weighted by Crippen LogP contribution is -2.27. The lowest BCUT2D eigenvalue weighted by Gasteiger charge is -2.16. The summed E-state index contributed by atoms with van der Waals surface area (Å²) in [5.41, 5.74) is 3.16. The first kappa shape index (κ1) is 25.7. The predicted octanol–water partition coefficient (Wildman–Crippen LogP) is 2.88. The molecule has 4 rings (SSSR count). The maximum Gasteiger partial charge on any atom is 0.213 e. The van der Waals surface area contributed by atoms with Crippen LogP contribution in [0.5, 0.6) is 5.75 Å². The predicted molar refractivity (Wildman–Crippen MR) is 133 cm³/mol. The third kappa shape index (κ3) is 7.06. The minimum Gasteiger partial charge on any atom is -0.495 e. The molecule has 2 aromatic carbocycles. The number of hydrogen-bond acceptors (Lipinski definition) is 7. The summed E-state index contributed by atoms with van der Waals surface area (Å²) in [7, 11) is 3.22. The molecule has 3 aromatic rings. The van der Waals surface area contributed by atoms with E-state index in [2.05, 4.69) is 10.6 Å². The molecule has 0 bridgehead atoms. The second-order valence-electron chi connectivity index (χ2n) is 7.95. The van der Waals surface area contributed by atoms with E-state index in [1.54, 1.807) is 14.2 Å². The Kier molecular flexibility index (Phi) is 9.66. The fraction of sp³-hybridized carbons (Fsp3) is 0.346. The van der Waals surface area contributed by atoms with E-state index in [0.29, 0.717) is 29.2 Å². The van der Waals surface area contributed by atoms with Gasteiger partial charge in [0.1, 0.15) is 23.1 Å². The highest BCUT2D eigenvalue weighted by Crippen LogP contribution is 2.34. The first-order valence-corrected chi connectivity index (χ1v) is 11.4. The zero-order chi connectivity index (χ0) is 25.0. The second-order valence-corrected chi connectivity index (χ2v) is 7.95. The van der Waals surface area contributed by atoms with Gasteiger partial charge in [-0.15, -0.1) is 0 Å². The normalized spacial score (nSPS) is 14.0. The van der Waals surface area contributed by atoms with E-state index in [0.717, 1.165) is 49.2 Å². The summed E-state index contributed by atoms with van der Waals surface area (Å²) in [4.78, 5) is 23.2. The Bertz CT molecular complexity index is 1150. The van der Waals surface area contributed by atoms with E-state index in [4.69, 9.17) is 19.2 Å². The Morgan fingerprint density at radius 1 is 1.17 bits per heavy atom. The molecule has 9 nitrogen and oxygen atoms in total. The van der Waals surface area contributed by atoms with E-state index in [-0.39, 0.29) is 6.42 Å². The van der Waals surface area contributed by atoms with Gasteiger partial charge in [-0.25, -0.2) is 0 Å². The van der Waals surface area contributed by atoms with Gasteiger partial charge in [-0.2, -0.15) is 5.26 Å². The van der Waals surface area contributed by atoms with Gasteiger partial charge in [-0.1, -0.05) is 18.2 Å². The third-order valence-corrected chi connectivity index (χ3v) is 5.52. The number of furan rings is 1. The number of amides is 2. The Hall–Kier alpha value is -3.87. The van der Waals surface area contributed by atoms with Crippen molar-refractivity contribution in [1.82, 2.24) is 10.6 Å². The lowest BCUT2D eigenvalue weighted by atomic mass is 10.0. The van der Waals surface area contributed by atoms with Crippen LogP contribution in [-0.2, 0) is 20.7 Å². The van der Waals surface area contributed by atoms with Crippen LogP contribution >= 0.6 is 0 Å². The molecule has 184 valence electrons. The van der Waals surface area contributed by atoms with Crippen LogP contribution in [0.4, 0.5) is 5.69 Å². The Morgan fingerprint density at radius 2 is 1.97 bits per heavy atom. The molecule has 0 spiro atoms. The van der Waals surface area contributed by atoms with Gasteiger partial charge >= 0.3 is 0 Å². The number of nitriles is 1. The molecule has 2 amide bonds. The smallest absolute Gasteiger partial charge is 0.213 e. The van der Waals surface area contributed by atoms with Crippen molar-refractivity contribution in [2.75, 3.05) is 45.4 Å². The van der Waals surface area contributed by atoms with Crippen molar-refractivity contribution in [1.29, 1.82) is 5.26 Å². The van der Waals surface area contributed by atoms with Crippen LogP contribution in [-0.4, -0.2) is 59.3 Å². The van der Waals surface area contributed by atoms with E-state index in [1.165, 1.54) is 11.3 Å². The Morgan fingerprint density at radius 3 is 2.71 bits per heavy atom. The molecule has 1 fully saturated rings. The number of carbonyl (C=O) groups excluding carboxylic acids is 2. The van der Waals surface area contributed by atoms with Crippen LogP contribution in [0.3, 0.4) is 0 Å². The SMILES string of the molecule is C1CNCCOC1.COc1ccc(-c2ccc3cc(CC(C#N)NC=O)oc3c2)cc1N(C)C=O. The molecule has 0 saturated carbocycles. The highest BCUT2D eigenvalue weighted by molar-refractivity contribution is 5.86. The molecule has 2 N–H and O–H groups in total. The average Bonchev–Trinajstić information content (AvgIpc) is 3.07. The molecule has 9 heteroatoms. The maximum absolute atomic E-state index is 11.2. The van der Waals surface area contributed by atoms with Crippen molar-refractivity contribution < 1.29 is 23.5 Å². The molecule has 0 radical (unpaired) electrons. The zero-order valence-corrected chi connectivity index (χ0v) is 20.0. The van der Waals surface area contributed by atoms with Crippen molar-refractivity contribution in [2.45, 2.75) is 18.9 Å². The van der Waals surface area contributed by atoms with Gasteiger partial charge in [-0.3, -0.25) is 9.59 Å². The molecule has 1 saturated heterocycles. The van der Waals surface area contributed by atoms with Crippen LogP contribution in [0.25, 0.3) is 22.1 Å². The summed E-state index contributed by atoms with van der Waals surface area (Å²) in [6.45, 7) is 3.98. The van der Waals surface area contributed by atoms with Crippen molar-refractivity contribution in [3.63, 3.8) is 0 Å². The second kappa shape index (κ2) is 13.1. The number of nitrogens with zero attached hydrogens (tertiary/aromatic N) is 2. The monoisotopic (exact) mass is 478 g/mol. The summed E-state index contributed by atoms with van der Waals surface area (Å²) in [6, 6.07) is 14.6. The molecule has 1 atom stereocenters. The summed E-state index contributed by atoms with van der Waals surface area (Å²) in [5.74, 6) is 1.22. The van der Waals surface area contributed by atoms with Gasteiger partial charge in [0.15, 0.2) is 0 Å². The highest BCUT2D eigenvalue weighted by atomic mass is 16.5. The van der Waals surface area contributed by atoms with Gasteiger partial charge < -0.3 is 29.4 Å². The minimum absolute atomic E-state index is 0.288. The Labute approximate surface area is 204 Å². The minimum atomic E-state index is -0.638. The van der Waals surface area contributed by atoms with Crippen molar-refractivity contribution in [3.05, 3.63) is 48.2 Å². The summed E-state index contributed by atoms with van der Waals surface area (Å²) < 4.78 is 16.3.